The molecule has 0 aliphatic rings. The van der Waals surface area contributed by atoms with Crippen LogP contribution < -0.4 is 0 Å². The lowest BCUT2D eigenvalue weighted by molar-refractivity contribution is -0.177. The Labute approximate surface area is 252 Å². The van der Waals surface area contributed by atoms with Crippen molar-refractivity contribution < 1.29 is 29.3 Å². The van der Waals surface area contributed by atoms with Gasteiger partial charge in [-0.2, -0.15) is 0 Å². The van der Waals surface area contributed by atoms with Crippen molar-refractivity contribution in [3.63, 3.8) is 0 Å². The number of carbonyl (C=O) groups is 2. The molecule has 0 saturated carbocycles. The summed E-state index contributed by atoms with van der Waals surface area (Å²) < 4.78 is 10.5. The van der Waals surface area contributed by atoms with Crippen LogP contribution in [0.1, 0.15) is 123 Å². The summed E-state index contributed by atoms with van der Waals surface area (Å²) in [6.45, 7) is 25.8. The molecule has 0 amide bonds. The van der Waals surface area contributed by atoms with Crippen molar-refractivity contribution in [2.75, 3.05) is 0 Å². The minimum absolute atomic E-state index is 0.264. The van der Waals surface area contributed by atoms with Crippen LogP contribution in [-0.4, -0.2) is 28.4 Å². The van der Waals surface area contributed by atoms with Crippen LogP contribution in [0, 0.1) is 0 Å². The monoisotopic (exact) mass is 578 g/mol. The van der Waals surface area contributed by atoms with E-state index in [9.17, 15) is 19.8 Å². The molecule has 0 atom stereocenters. The van der Waals surface area contributed by atoms with Gasteiger partial charge in [-0.1, -0.05) is 83.1 Å². The van der Waals surface area contributed by atoms with Gasteiger partial charge in [0.2, 0.25) is 6.29 Å². The molecule has 2 rings (SSSR count). The van der Waals surface area contributed by atoms with Gasteiger partial charge < -0.3 is 19.7 Å². The zero-order valence-electron chi connectivity index (χ0n) is 27.7. The summed E-state index contributed by atoms with van der Waals surface area (Å²) in [6.07, 6.45) is 4.72. The van der Waals surface area contributed by atoms with Crippen LogP contribution in [0.2, 0.25) is 0 Å². The van der Waals surface area contributed by atoms with Crippen molar-refractivity contribution in [1.29, 1.82) is 0 Å². The zero-order chi connectivity index (χ0) is 32.4. The number of esters is 2. The first-order valence-electron chi connectivity index (χ1n) is 14.4. The Morgan fingerprint density at radius 3 is 1.02 bits per heavy atom. The third-order valence-electron chi connectivity index (χ3n) is 6.88. The van der Waals surface area contributed by atoms with Crippen molar-refractivity contribution >= 4 is 24.1 Å². The summed E-state index contributed by atoms with van der Waals surface area (Å²) in [7, 11) is 0. The molecule has 42 heavy (non-hydrogen) atoms. The van der Waals surface area contributed by atoms with Gasteiger partial charge in [-0.15, -0.1) is 0 Å². The van der Waals surface area contributed by atoms with E-state index >= 15 is 0 Å². The highest BCUT2D eigenvalue weighted by molar-refractivity contribution is 5.89. The Morgan fingerprint density at radius 2 is 0.810 bits per heavy atom. The van der Waals surface area contributed by atoms with Gasteiger partial charge in [-0.25, -0.2) is 9.59 Å². The molecule has 2 aromatic rings. The third kappa shape index (κ3) is 9.23. The van der Waals surface area contributed by atoms with E-state index in [2.05, 4.69) is 0 Å². The fourth-order valence-electron chi connectivity index (χ4n) is 4.55. The van der Waals surface area contributed by atoms with E-state index in [0.717, 1.165) is 33.4 Å². The van der Waals surface area contributed by atoms with Gasteiger partial charge in [0.1, 0.15) is 11.5 Å². The van der Waals surface area contributed by atoms with Crippen LogP contribution in [0.15, 0.2) is 36.4 Å². The third-order valence-corrected chi connectivity index (χ3v) is 6.88. The first kappa shape index (κ1) is 34.7. The fraction of sp³-hybridized carbons (Fsp3) is 0.500. The molecule has 0 bridgehead atoms. The van der Waals surface area contributed by atoms with Crippen molar-refractivity contribution in [3.05, 3.63) is 69.8 Å². The SMILES string of the molecule is CC(OC(=O)C=Cc1cc(C(C)(C)C)c(O)c(C(C)(C)C)c1)OC(=O)C=Cc1cc(C(C)(C)C)c(O)c(C(C)(C)C)c1. The number of aromatic hydroxyl groups is 2. The van der Waals surface area contributed by atoms with Crippen LogP contribution >= 0.6 is 0 Å². The van der Waals surface area contributed by atoms with E-state index in [0.29, 0.717) is 0 Å². The highest BCUT2D eigenvalue weighted by Crippen LogP contribution is 2.41. The Morgan fingerprint density at radius 1 is 0.571 bits per heavy atom. The summed E-state index contributed by atoms with van der Waals surface area (Å²) in [4.78, 5) is 25.0. The molecular weight excluding hydrogens is 528 g/mol. The van der Waals surface area contributed by atoms with Gasteiger partial charge in [-0.3, -0.25) is 0 Å². The van der Waals surface area contributed by atoms with E-state index in [1.165, 1.54) is 19.1 Å². The lowest BCUT2D eigenvalue weighted by atomic mass is 9.78. The second-order valence-corrected chi connectivity index (χ2v) is 15.0. The van der Waals surface area contributed by atoms with E-state index in [-0.39, 0.29) is 33.2 Å². The first-order chi connectivity index (χ1) is 18.9. The van der Waals surface area contributed by atoms with Crippen LogP contribution in [0.3, 0.4) is 0 Å². The molecule has 2 aromatic carbocycles. The molecule has 6 heteroatoms. The van der Waals surface area contributed by atoms with Gasteiger partial charge in [0, 0.05) is 41.3 Å². The molecule has 0 aliphatic carbocycles. The number of phenolic OH excluding ortho intramolecular Hbond substituents is 2. The maximum absolute atomic E-state index is 12.5. The number of rotatable bonds is 6. The lowest BCUT2D eigenvalue weighted by Gasteiger charge is -2.27. The highest BCUT2D eigenvalue weighted by Gasteiger charge is 2.27. The van der Waals surface area contributed by atoms with E-state index in [1.54, 1.807) is 12.2 Å². The molecule has 0 aromatic heterocycles. The Kier molecular flexibility index (Phi) is 10.2. The molecule has 0 aliphatic heterocycles. The Bertz CT molecular complexity index is 1190. The number of hydrogen-bond acceptors (Lipinski definition) is 6. The molecular formula is C36H50O6. The normalized spacial score (nSPS) is 13.9. The molecule has 0 spiro atoms. The fourth-order valence-corrected chi connectivity index (χ4v) is 4.55. The van der Waals surface area contributed by atoms with Crippen LogP contribution in [0.4, 0.5) is 0 Å². The molecule has 0 heterocycles. The standard InChI is InChI=1S/C36H50O6/c1-22(41-29(37)16-14-23-18-25(33(2,3)4)31(39)26(19-23)34(5,6)7)42-30(38)17-15-24-20-27(35(8,9)10)32(40)28(21-24)36(11,12)13/h14-22,39-40H,1-13H3. The first-order valence-corrected chi connectivity index (χ1v) is 14.4. The Hall–Kier alpha value is -3.54. The van der Waals surface area contributed by atoms with Crippen LogP contribution in [0.5, 0.6) is 11.5 Å². The zero-order valence-corrected chi connectivity index (χ0v) is 27.7. The molecule has 6 nitrogen and oxygen atoms in total. The number of carbonyl (C=O) groups excluding carboxylic acids is 2. The molecule has 0 saturated heterocycles. The molecule has 2 N–H and O–H groups in total. The summed E-state index contributed by atoms with van der Waals surface area (Å²) in [5.74, 6) is -0.796. The van der Waals surface area contributed by atoms with E-state index in [1.807, 2.05) is 107 Å². The number of hydrogen-bond donors (Lipinski definition) is 2. The largest absolute Gasteiger partial charge is 0.507 e. The number of benzene rings is 2. The maximum atomic E-state index is 12.5. The quantitative estimate of drug-likeness (QED) is 0.203. The second-order valence-electron chi connectivity index (χ2n) is 15.0. The summed E-state index contributed by atoms with van der Waals surface area (Å²) in [6, 6.07) is 7.45. The molecule has 0 fully saturated rings. The molecule has 0 unspecified atom stereocenters. The number of phenols is 2. The summed E-state index contributed by atoms with van der Waals surface area (Å²) in [5.41, 5.74) is 3.46. The van der Waals surface area contributed by atoms with Gasteiger partial charge in [0.05, 0.1) is 0 Å². The maximum Gasteiger partial charge on any atom is 0.333 e. The smallest absolute Gasteiger partial charge is 0.333 e. The van der Waals surface area contributed by atoms with E-state index < -0.39 is 18.2 Å². The Balaban J connectivity index is 2.17. The van der Waals surface area contributed by atoms with Crippen LogP contribution in [0.25, 0.3) is 12.2 Å². The van der Waals surface area contributed by atoms with Crippen molar-refractivity contribution in [2.24, 2.45) is 0 Å². The van der Waals surface area contributed by atoms with Crippen molar-refractivity contribution in [2.45, 2.75) is 118 Å². The minimum Gasteiger partial charge on any atom is -0.507 e. The molecule has 230 valence electrons. The van der Waals surface area contributed by atoms with Gasteiger partial charge >= 0.3 is 11.9 Å². The van der Waals surface area contributed by atoms with Gasteiger partial charge in [-0.05, 0) is 69.2 Å². The van der Waals surface area contributed by atoms with Crippen LogP contribution in [-0.2, 0) is 40.7 Å². The topological polar surface area (TPSA) is 93.1 Å². The highest BCUT2D eigenvalue weighted by atomic mass is 16.7. The number of ether oxygens (including phenoxy) is 2. The van der Waals surface area contributed by atoms with Gasteiger partial charge in [0.25, 0.3) is 0 Å². The van der Waals surface area contributed by atoms with Crippen molar-refractivity contribution in [3.8, 4) is 11.5 Å². The average Bonchev–Trinajstić information content (AvgIpc) is 2.79. The van der Waals surface area contributed by atoms with Crippen molar-refractivity contribution in [1.82, 2.24) is 0 Å². The van der Waals surface area contributed by atoms with E-state index in [4.69, 9.17) is 9.47 Å². The molecule has 0 radical (unpaired) electrons. The minimum atomic E-state index is -1.11. The average molecular weight is 579 g/mol. The summed E-state index contributed by atoms with van der Waals surface area (Å²) in [5, 5.41) is 21.8. The predicted molar refractivity (Wildman–Crippen MR) is 171 cm³/mol. The lowest BCUT2D eigenvalue weighted by Crippen LogP contribution is -2.19. The van der Waals surface area contributed by atoms with Gasteiger partial charge in [0.15, 0.2) is 0 Å². The predicted octanol–water partition coefficient (Wildman–Crippen LogP) is 8.45. The summed E-state index contributed by atoms with van der Waals surface area (Å²) >= 11 is 0. The second kappa shape index (κ2) is 12.4.